The third-order valence-electron chi connectivity index (χ3n) is 3.11. The largest absolute Gasteiger partial charge is 0.444 e. The maximum atomic E-state index is 11.7. The number of alkyl carbamates (subject to hydrolysis) is 1. The van der Waals surface area contributed by atoms with E-state index in [1.54, 1.807) is 18.3 Å². The molecule has 0 radical (unpaired) electrons. The molecule has 0 saturated carbocycles. The average molecular weight is 397 g/mol. The monoisotopic (exact) mass is 397 g/mol. The molecule has 28 heavy (non-hydrogen) atoms. The van der Waals surface area contributed by atoms with E-state index in [4.69, 9.17) is 18.9 Å². The minimum atomic E-state index is -0.508. The zero-order valence-electron chi connectivity index (χ0n) is 16.9. The van der Waals surface area contributed by atoms with Crippen LogP contribution in [0.5, 0.6) is 0 Å². The summed E-state index contributed by atoms with van der Waals surface area (Å²) in [7, 11) is 0. The van der Waals surface area contributed by atoms with Gasteiger partial charge in [-0.1, -0.05) is 0 Å². The van der Waals surface area contributed by atoms with Crippen LogP contribution in [-0.2, 0) is 18.9 Å². The molecule has 1 aromatic heterocycles. The van der Waals surface area contributed by atoms with E-state index < -0.39 is 11.7 Å². The number of rotatable bonds is 13. The number of hydrogen-bond acceptors (Lipinski definition) is 7. The maximum Gasteiger partial charge on any atom is 0.407 e. The minimum Gasteiger partial charge on any atom is -0.444 e. The van der Waals surface area contributed by atoms with E-state index in [0.717, 1.165) is 0 Å². The van der Waals surface area contributed by atoms with Gasteiger partial charge in [0.15, 0.2) is 0 Å². The Labute approximate surface area is 166 Å². The summed E-state index contributed by atoms with van der Waals surface area (Å²) in [6.07, 6.45) is 2.67. The molecular formula is C19H31N3O6. The van der Waals surface area contributed by atoms with Gasteiger partial charge >= 0.3 is 6.09 Å². The molecule has 9 heteroatoms. The van der Waals surface area contributed by atoms with Crippen LogP contribution in [0.15, 0.2) is 24.5 Å². The minimum absolute atomic E-state index is 0.175. The highest BCUT2D eigenvalue weighted by Gasteiger charge is 2.15. The number of nitrogens with zero attached hydrogens (tertiary/aromatic N) is 1. The lowest BCUT2D eigenvalue weighted by Gasteiger charge is -2.19. The van der Waals surface area contributed by atoms with E-state index in [2.05, 4.69) is 15.6 Å². The molecule has 158 valence electrons. The third-order valence-corrected chi connectivity index (χ3v) is 3.11. The van der Waals surface area contributed by atoms with Crippen LogP contribution in [0.2, 0.25) is 0 Å². The van der Waals surface area contributed by atoms with Crippen molar-refractivity contribution in [2.75, 3.05) is 52.7 Å². The Kier molecular flexibility index (Phi) is 11.8. The van der Waals surface area contributed by atoms with Crippen molar-refractivity contribution in [2.24, 2.45) is 0 Å². The van der Waals surface area contributed by atoms with Gasteiger partial charge in [0.25, 0.3) is 5.91 Å². The molecule has 0 bridgehead atoms. The second-order valence-corrected chi connectivity index (χ2v) is 6.76. The Morgan fingerprint density at radius 3 is 2.04 bits per heavy atom. The van der Waals surface area contributed by atoms with Crippen LogP contribution < -0.4 is 10.6 Å². The van der Waals surface area contributed by atoms with E-state index in [9.17, 15) is 9.59 Å². The smallest absolute Gasteiger partial charge is 0.407 e. The van der Waals surface area contributed by atoms with E-state index in [-0.39, 0.29) is 5.91 Å². The lowest BCUT2D eigenvalue weighted by molar-refractivity contribution is 0.0145. The molecule has 0 saturated heterocycles. The van der Waals surface area contributed by atoms with Gasteiger partial charge in [0.1, 0.15) is 5.60 Å². The Hall–Kier alpha value is -2.23. The van der Waals surface area contributed by atoms with E-state index in [1.165, 1.54) is 6.20 Å². The van der Waals surface area contributed by atoms with Gasteiger partial charge in [-0.05, 0) is 32.9 Å². The van der Waals surface area contributed by atoms with Gasteiger partial charge in [-0.2, -0.15) is 0 Å². The van der Waals surface area contributed by atoms with Gasteiger partial charge in [0.05, 0.1) is 45.2 Å². The zero-order chi connectivity index (χ0) is 20.7. The highest BCUT2D eigenvalue weighted by molar-refractivity contribution is 5.93. The van der Waals surface area contributed by atoms with Crippen molar-refractivity contribution in [3.05, 3.63) is 30.1 Å². The molecule has 0 atom stereocenters. The topological polar surface area (TPSA) is 108 Å². The van der Waals surface area contributed by atoms with Gasteiger partial charge in [-0.3, -0.25) is 9.78 Å². The summed E-state index contributed by atoms with van der Waals surface area (Å²) in [6, 6.07) is 3.41. The van der Waals surface area contributed by atoms with Gasteiger partial charge in [0.2, 0.25) is 0 Å². The summed E-state index contributed by atoms with van der Waals surface area (Å²) in [4.78, 5) is 27.0. The van der Waals surface area contributed by atoms with Gasteiger partial charge in [-0.25, -0.2) is 4.79 Å². The second-order valence-electron chi connectivity index (χ2n) is 6.76. The molecule has 0 spiro atoms. The van der Waals surface area contributed by atoms with Crippen molar-refractivity contribution in [1.29, 1.82) is 0 Å². The fourth-order valence-corrected chi connectivity index (χ4v) is 1.92. The zero-order valence-corrected chi connectivity index (χ0v) is 16.9. The molecular weight excluding hydrogens is 366 g/mol. The van der Waals surface area contributed by atoms with Gasteiger partial charge < -0.3 is 29.6 Å². The number of pyridine rings is 1. The van der Waals surface area contributed by atoms with Crippen molar-refractivity contribution in [3.8, 4) is 0 Å². The van der Waals surface area contributed by atoms with Crippen LogP contribution >= 0.6 is 0 Å². The van der Waals surface area contributed by atoms with Crippen molar-refractivity contribution in [1.82, 2.24) is 15.6 Å². The lowest BCUT2D eigenvalue weighted by atomic mass is 10.2. The van der Waals surface area contributed by atoms with Gasteiger partial charge in [-0.15, -0.1) is 0 Å². The van der Waals surface area contributed by atoms with Crippen LogP contribution in [0.4, 0.5) is 4.79 Å². The normalized spacial score (nSPS) is 11.1. The molecule has 1 heterocycles. The van der Waals surface area contributed by atoms with Crippen LogP contribution in [0.3, 0.4) is 0 Å². The lowest BCUT2D eigenvalue weighted by Crippen LogP contribution is -2.34. The Bertz CT molecular complexity index is 563. The molecule has 0 aliphatic rings. The first-order chi connectivity index (χ1) is 13.4. The first-order valence-electron chi connectivity index (χ1n) is 9.27. The fourth-order valence-electron chi connectivity index (χ4n) is 1.92. The summed E-state index contributed by atoms with van der Waals surface area (Å²) >= 11 is 0. The number of carbonyl (C=O) groups is 2. The average Bonchev–Trinajstić information content (AvgIpc) is 2.64. The molecule has 0 fully saturated rings. The molecule has 0 aliphatic heterocycles. The number of hydrogen-bond donors (Lipinski definition) is 2. The summed E-state index contributed by atoms with van der Waals surface area (Å²) in [5.74, 6) is -0.175. The van der Waals surface area contributed by atoms with Crippen LogP contribution in [0.25, 0.3) is 0 Å². The fraction of sp³-hybridized carbons (Fsp3) is 0.632. The third kappa shape index (κ3) is 13.0. The maximum absolute atomic E-state index is 11.7. The summed E-state index contributed by atoms with van der Waals surface area (Å²) in [6.45, 7) is 8.75. The van der Waals surface area contributed by atoms with Crippen molar-refractivity contribution >= 4 is 12.0 Å². The van der Waals surface area contributed by atoms with Crippen molar-refractivity contribution < 1.29 is 28.5 Å². The molecule has 2 amide bonds. The quantitative estimate of drug-likeness (QED) is 0.484. The molecule has 0 aromatic carbocycles. The molecule has 1 aromatic rings. The summed E-state index contributed by atoms with van der Waals surface area (Å²) < 4.78 is 21.2. The highest BCUT2D eigenvalue weighted by atomic mass is 16.6. The summed E-state index contributed by atoms with van der Waals surface area (Å²) in [5.41, 5.74) is 0.0124. The molecule has 0 unspecified atom stereocenters. The number of nitrogens with one attached hydrogen (secondary N) is 2. The van der Waals surface area contributed by atoms with E-state index >= 15 is 0 Å². The van der Waals surface area contributed by atoms with Crippen molar-refractivity contribution in [3.63, 3.8) is 0 Å². The van der Waals surface area contributed by atoms with E-state index in [1.807, 2.05) is 20.8 Å². The number of ether oxygens (including phenoxy) is 4. The second kappa shape index (κ2) is 13.9. The van der Waals surface area contributed by atoms with E-state index in [0.29, 0.717) is 58.3 Å². The van der Waals surface area contributed by atoms with Crippen LogP contribution in [-0.4, -0.2) is 75.3 Å². The predicted molar refractivity (Wildman–Crippen MR) is 103 cm³/mol. The summed E-state index contributed by atoms with van der Waals surface area (Å²) in [5, 5.41) is 5.35. The number of carbonyl (C=O) groups excluding carboxylic acids is 2. The van der Waals surface area contributed by atoms with Gasteiger partial charge in [0, 0.05) is 25.5 Å². The first kappa shape index (κ1) is 23.8. The first-order valence-corrected chi connectivity index (χ1v) is 9.27. The van der Waals surface area contributed by atoms with Crippen LogP contribution in [0.1, 0.15) is 31.1 Å². The Morgan fingerprint density at radius 1 is 0.929 bits per heavy atom. The molecule has 9 nitrogen and oxygen atoms in total. The molecule has 0 aliphatic carbocycles. The van der Waals surface area contributed by atoms with Crippen molar-refractivity contribution in [2.45, 2.75) is 26.4 Å². The molecule has 1 rings (SSSR count). The number of amides is 2. The molecule has 2 N–H and O–H groups in total. The SMILES string of the molecule is CC(C)(C)OC(=O)NCCOCCOCCOCCNC(=O)c1cccnc1. The number of aromatic nitrogens is 1. The predicted octanol–water partition coefficient (Wildman–Crippen LogP) is 1.39. The highest BCUT2D eigenvalue weighted by Crippen LogP contribution is 2.06. The Balaban J connectivity index is 1.83. The Morgan fingerprint density at radius 2 is 1.50 bits per heavy atom. The standard InChI is InChI=1S/C19H31N3O6/c1-19(2,3)28-18(24)22-8-10-26-12-14-27-13-11-25-9-7-21-17(23)16-5-4-6-20-15-16/h4-6,15H,7-14H2,1-3H3,(H,21,23)(H,22,24). The van der Waals surface area contributed by atoms with Crippen LogP contribution in [0, 0.1) is 0 Å².